The maximum Gasteiger partial charge on any atom is 0.330 e. The van der Waals surface area contributed by atoms with Gasteiger partial charge in [0.1, 0.15) is 42.2 Å². The maximum absolute atomic E-state index is 12.7. The molecule has 206 valence electrons. The third-order valence-electron chi connectivity index (χ3n) is 6.08. The van der Waals surface area contributed by atoms with Gasteiger partial charge in [-0.3, -0.25) is 23.9 Å². The van der Waals surface area contributed by atoms with Crippen molar-refractivity contribution >= 4 is 11.9 Å². The fourth-order valence-electron chi connectivity index (χ4n) is 4.24. The van der Waals surface area contributed by atoms with Gasteiger partial charge < -0.3 is 18.9 Å². The number of carbonyl (C=O) groups excluding carboxylic acids is 2. The van der Waals surface area contributed by atoms with Crippen LogP contribution in [-0.2, 0) is 23.8 Å². The van der Waals surface area contributed by atoms with Gasteiger partial charge in [-0.2, -0.15) is 0 Å². The van der Waals surface area contributed by atoms with E-state index in [4.69, 9.17) is 18.9 Å². The fraction of sp³-hybridized carbons (Fsp3) is 0.259. The van der Waals surface area contributed by atoms with Crippen LogP contribution in [0.1, 0.15) is 26.5 Å². The van der Waals surface area contributed by atoms with E-state index in [2.05, 4.69) is 15.3 Å². The Balaban J connectivity index is 1.37. The Morgan fingerprint density at radius 3 is 2.42 bits per heavy atom. The summed E-state index contributed by atoms with van der Waals surface area (Å²) in [6.07, 6.45) is 0.498. The molecular weight excluding hydrogens is 522 g/mol. The predicted octanol–water partition coefficient (Wildman–Crippen LogP) is 2.36. The van der Waals surface area contributed by atoms with Crippen LogP contribution in [0.4, 0.5) is 0 Å². The van der Waals surface area contributed by atoms with Crippen LogP contribution in [0.25, 0.3) is 16.9 Å². The summed E-state index contributed by atoms with van der Waals surface area (Å²) in [5, 5.41) is 8.22. The first-order valence-electron chi connectivity index (χ1n) is 12.3. The van der Waals surface area contributed by atoms with Crippen molar-refractivity contribution in [2.24, 2.45) is 0 Å². The largest absolute Gasteiger partial charge is 0.463 e. The summed E-state index contributed by atoms with van der Waals surface area (Å²) in [5.74, 6) is 0.261. The van der Waals surface area contributed by atoms with E-state index in [-0.39, 0.29) is 24.3 Å². The number of ether oxygens (including phenoxy) is 4. The Morgan fingerprint density at radius 2 is 1.73 bits per heavy atom. The third kappa shape index (κ3) is 5.99. The molecule has 3 heterocycles. The van der Waals surface area contributed by atoms with E-state index < -0.39 is 41.6 Å². The Kier molecular flexibility index (Phi) is 7.55. The van der Waals surface area contributed by atoms with E-state index in [1.165, 1.54) is 29.3 Å². The molecule has 0 amide bonds. The van der Waals surface area contributed by atoms with Gasteiger partial charge in [0, 0.05) is 26.5 Å². The number of hydrogen-bond acceptors (Lipinski definition) is 10. The van der Waals surface area contributed by atoms with Gasteiger partial charge in [0.25, 0.3) is 5.56 Å². The molecule has 1 saturated heterocycles. The summed E-state index contributed by atoms with van der Waals surface area (Å²) in [4.78, 5) is 50.5. The highest BCUT2D eigenvalue weighted by molar-refractivity contribution is 5.66. The average Bonchev–Trinajstić information content (AvgIpc) is 3.56. The molecule has 4 aromatic rings. The lowest BCUT2D eigenvalue weighted by atomic mass is 10.2. The fourth-order valence-corrected chi connectivity index (χ4v) is 4.24. The number of benzene rings is 2. The van der Waals surface area contributed by atoms with Crippen LogP contribution >= 0.6 is 0 Å². The average molecular weight is 548 g/mol. The zero-order valence-corrected chi connectivity index (χ0v) is 21.6. The molecule has 40 heavy (non-hydrogen) atoms. The summed E-state index contributed by atoms with van der Waals surface area (Å²) < 4.78 is 24.7. The molecule has 2 aromatic carbocycles. The number of carbonyl (C=O) groups is 2. The second kappa shape index (κ2) is 11.4. The number of nitrogens with zero attached hydrogens (tertiary/aromatic N) is 4. The summed E-state index contributed by atoms with van der Waals surface area (Å²) >= 11 is 0. The SMILES string of the molecule is CC(=O)OC[C@H]1O[C@@H](n2cc(-c3cn(-c4ccc(Oc5ccccc5)cc4)nn3)c(=O)[nH]c2=O)C[C@@H]1OC(C)=O. The van der Waals surface area contributed by atoms with Gasteiger partial charge in [-0.1, -0.05) is 23.4 Å². The van der Waals surface area contributed by atoms with Gasteiger partial charge in [-0.25, -0.2) is 9.48 Å². The molecule has 0 saturated carbocycles. The van der Waals surface area contributed by atoms with Crippen molar-refractivity contribution in [3.63, 3.8) is 0 Å². The van der Waals surface area contributed by atoms with E-state index in [9.17, 15) is 19.2 Å². The Bertz CT molecular complexity index is 1630. The first kappa shape index (κ1) is 26.6. The van der Waals surface area contributed by atoms with Crippen molar-refractivity contribution in [2.45, 2.75) is 38.7 Å². The zero-order valence-electron chi connectivity index (χ0n) is 21.6. The topological polar surface area (TPSA) is 157 Å². The molecule has 0 radical (unpaired) electrons. The molecular formula is C27H25N5O8. The molecule has 1 fully saturated rings. The van der Waals surface area contributed by atoms with Crippen LogP contribution < -0.4 is 16.0 Å². The molecule has 13 nitrogen and oxygen atoms in total. The molecule has 13 heteroatoms. The molecule has 1 aliphatic heterocycles. The highest BCUT2D eigenvalue weighted by Crippen LogP contribution is 2.31. The van der Waals surface area contributed by atoms with Crippen molar-refractivity contribution in [3.05, 3.63) is 87.8 Å². The number of esters is 2. The van der Waals surface area contributed by atoms with Gasteiger partial charge in [0.15, 0.2) is 0 Å². The monoisotopic (exact) mass is 547 g/mol. The molecule has 1 N–H and O–H groups in total. The minimum atomic E-state index is -0.903. The van der Waals surface area contributed by atoms with Crippen LogP contribution in [0.5, 0.6) is 11.5 Å². The minimum Gasteiger partial charge on any atom is -0.463 e. The minimum absolute atomic E-state index is 0.0750. The van der Waals surface area contributed by atoms with E-state index in [1.807, 2.05) is 30.3 Å². The van der Waals surface area contributed by atoms with Crippen LogP contribution in [0.2, 0.25) is 0 Å². The first-order chi connectivity index (χ1) is 19.3. The van der Waals surface area contributed by atoms with Gasteiger partial charge in [0.05, 0.1) is 17.4 Å². The van der Waals surface area contributed by atoms with Crippen molar-refractivity contribution in [1.29, 1.82) is 0 Å². The second-order valence-corrected chi connectivity index (χ2v) is 8.98. The number of rotatable bonds is 8. The Hall–Kier alpha value is -5.04. The molecule has 5 rings (SSSR count). The number of nitrogens with one attached hydrogen (secondary N) is 1. The lowest BCUT2D eigenvalue weighted by molar-refractivity contribution is -0.155. The lowest BCUT2D eigenvalue weighted by Crippen LogP contribution is -2.33. The number of aromatic nitrogens is 5. The van der Waals surface area contributed by atoms with E-state index in [1.54, 1.807) is 30.5 Å². The number of aromatic amines is 1. The lowest BCUT2D eigenvalue weighted by Gasteiger charge is -2.17. The van der Waals surface area contributed by atoms with Crippen molar-refractivity contribution < 1.29 is 28.5 Å². The van der Waals surface area contributed by atoms with E-state index >= 15 is 0 Å². The molecule has 0 unspecified atom stereocenters. The second-order valence-electron chi connectivity index (χ2n) is 8.98. The summed E-state index contributed by atoms with van der Waals surface area (Å²) in [5.41, 5.74) is -0.433. The number of hydrogen-bond donors (Lipinski definition) is 1. The van der Waals surface area contributed by atoms with Gasteiger partial charge >= 0.3 is 17.6 Å². The van der Waals surface area contributed by atoms with Crippen LogP contribution in [0.3, 0.4) is 0 Å². The van der Waals surface area contributed by atoms with Gasteiger partial charge in [0.2, 0.25) is 0 Å². The normalized spacial score (nSPS) is 18.3. The van der Waals surface area contributed by atoms with Crippen LogP contribution in [0.15, 0.2) is 76.6 Å². The highest BCUT2D eigenvalue weighted by atomic mass is 16.6. The van der Waals surface area contributed by atoms with Crippen LogP contribution in [0, 0.1) is 0 Å². The standard InChI is InChI=1S/C27H25N5O8/c1-16(33)37-15-24-23(38-17(2)34)12-25(40-24)31-13-21(26(35)28-27(31)36)22-14-32(30-29-22)18-8-10-20(11-9-18)39-19-6-4-3-5-7-19/h3-11,13-14,23-25H,12,15H2,1-2H3,(H,28,35,36)/t23-,24+,25+/m0/s1. The van der Waals surface area contributed by atoms with Crippen LogP contribution in [-0.4, -0.2) is 55.3 Å². The van der Waals surface area contributed by atoms with Crippen molar-refractivity contribution in [1.82, 2.24) is 24.5 Å². The highest BCUT2D eigenvalue weighted by Gasteiger charge is 2.40. The quantitative estimate of drug-likeness (QED) is 0.325. The predicted molar refractivity (Wildman–Crippen MR) is 139 cm³/mol. The molecule has 1 aliphatic rings. The summed E-state index contributed by atoms with van der Waals surface area (Å²) in [6.45, 7) is 2.32. The van der Waals surface area contributed by atoms with Crippen molar-refractivity contribution in [3.8, 4) is 28.4 Å². The number of para-hydroxylation sites is 1. The molecule has 0 aliphatic carbocycles. The third-order valence-corrected chi connectivity index (χ3v) is 6.08. The summed E-state index contributed by atoms with van der Waals surface area (Å²) in [6, 6.07) is 16.5. The Morgan fingerprint density at radius 1 is 1.00 bits per heavy atom. The zero-order chi connectivity index (χ0) is 28.2. The van der Waals surface area contributed by atoms with Gasteiger partial charge in [-0.15, -0.1) is 5.10 Å². The molecule has 2 aromatic heterocycles. The van der Waals surface area contributed by atoms with Crippen molar-refractivity contribution in [2.75, 3.05) is 6.61 Å². The Labute approximate surface area is 226 Å². The first-order valence-corrected chi connectivity index (χ1v) is 12.3. The smallest absolute Gasteiger partial charge is 0.330 e. The molecule has 0 spiro atoms. The number of H-pyrrole nitrogens is 1. The molecule has 3 atom stereocenters. The van der Waals surface area contributed by atoms with E-state index in [0.717, 1.165) is 0 Å². The molecule has 0 bridgehead atoms. The maximum atomic E-state index is 12.7. The van der Waals surface area contributed by atoms with E-state index in [0.29, 0.717) is 17.2 Å². The summed E-state index contributed by atoms with van der Waals surface area (Å²) in [7, 11) is 0. The van der Waals surface area contributed by atoms with Gasteiger partial charge in [-0.05, 0) is 36.4 Å².